The standard InChI is InChI=1S/C18H24N4OS/c1-13-4-6-15(7-5-13)21-17(23)14(2)19-10-8-16-12-24-18-20-9-3-11-22(16)18/h4-7,12,14,19H,3,8-11H2,1-2H3,(H,21,23)/t14-/m0/s1. The van der Waals surface area contributed by atoms with Crippen molar-refractivity contribution < 1.29 is 4.79 Å². The van der Waals surface area contributed by atoms with Gasteiger partial charge in [-0.2, -0.15) is 0 Å². The molecule has 2 heterocycles. The van der Waals surface area contributed by atoms with Gasteiger partial charge in [-0.05, 0) is 37.8 Å². The van der Waals surface area contributed by atoms with Gasteiger partial charge in [0.1, 0.15) is 0 Å². The molecule has 2 aliphatic heterocycles. The first-order valence-corrected chi connectivity index (χ1v) is 9.30. The van der Waals surface area contributed by atoms with Crippen LogP contribution >= 0.6 is 11.8 Å². The van der Waals surface area contributed by atoms with Crippen LogP contribution in [-0.4, -0.2) is 41.7 Å². The maximum absolute atomic E-state index is 12.2. The van der Waals surface area contributed by atoms with Crippen LogP contribution in [0.2, 0.25) is 0 Å². The number of benzene rings is 1. The highest BCUT2D eigenvalue weighted by atomic mass is 32.2. The van der Waals surface area contributed by atoms with Gasteiger partial charge in [0, 0.05) is 37.4 Å². The van der Waals surface area contributed by atoms with E-state index in [2.05, 4.69) is 25.9 Å². The SMILES string of the molecule is Cc1ccc(NC(=O)[C@H](C)NCCC2=CSC3=NCCCN23)cc1. The highest BCUT2D eigenvalue weighted by Gasteiger charge is 2.24. The van der Waals surface area contributed by atoms with Gasteiger partial charge >= 0.3 is 0 Å². The second kappa shape index (κ2) is 7.85. The third kappa shape index (κ3) is 4.19. The number of nitrogens with zero attached hydrogens (tertiary/aromatic N) is 2. The molecule has 2 aliphatic rings. The lowest BCUT2D eigenvalue weighted by Gasteiger charge is -2.25. The summed E-state index contributed by atoms with van der Waals surface area (Å²) in [6.07, 6.45) is 2.03. The molecule has 6 heteroatoms. The molecule has 24 heavy (non-hydrogen) atoms. The first kappa shape index (κ1) is 17.0. The predicted octanol–water partition coefficient (Wildman–Crippen LogP) is 2.95. The highest BCUT2D eigenvalue weighted by Crippen LogP contribution is 2.30. The van der Waals surface area contributed by atoms with Gasteiger partial charge in [0.25, 0.3) is 0 Å². The summed E-state index contributed by atoms with van der Waals surface area (Å²) in [5.41, 5.74) is 3.32. The molecule has 1 amide bonds. The Labute approximate surface area is 147 Å². The van der Waals surface area contributed by atoms with E-state index in [-0.39, 0.29) is 11.9 Å². The molecule has 0 saturated heterocycles. The van der Waals surface area contributed by atoms with Crippen LogP contribution in [0.25, 0.3) is 0 Å². The second-order valence-corrected chi connectivity index (χ2v) is 7.01. The minimum absolute atomic E-state index is 0.00569. The molecule has 5 nitrogen and oxygen atoms in total. The summed E-state index contributed by atoms with van der Waals surface area (Å²) in [5, 5.41) is 9.56. The number of rotatable bonds is 6. The summed E-state index contributed by atoms with van der Waals surface area (Å²) in [6, 6.07) is 7.62. The monoisotopic (exact) mass is 344 g/mol. The van der Waals surface area contributed by atoms with E-state index in [1.807, 2.05) is 38.1 Å². The number of amides is 1. The van der Waals surface area contributed by atoms with E-state index in [0.717, 1.165) is 43.3 Å². The molecule has 128 valence electrons. The Hall–Kier alpha value is -1.79. The van der Waals surface area contributed by atoms with Crippen LogP contribution in [0.3, 0.4) is 0 Å². The Morgan fingerprint density at radius 1 is 1.38 bits per heavy atom. The number of nitrogens with one attached hydrogen (secondary N) is 2. The number of fused-ring (bicyclic) bond motifs is 1. The number of aliphatic imine (C=N–C) groups is 1. The molecule has 1 atom stereocenters. The Bertz CT molecular complexity index is 653. The van der Waals surface area contributed by atoms with E-state index in [4.69, 9.17) is 0 Å². The Morgan fingerprint density at radius 2 is 2.17 bits per heavy atom. The van der Waals surface area contributed by atoms with Crippen LogP contribution in [0.5, 0.6) is 0 Å². The van der Waals surface area contributed by atoms with Crippen molar-refractivity contribution >= 4 is 28.5 Å². The lowest BCUT2D eigenvalue weighted by Crippen LogP contribution is -2.39. The van der Waals surface area contributed by atoms with E-state index in [9.17, 15) is 4.79 Å². The quantitative estimate of drug-likeness (QED) is 0.833. The maximum atomic E-state index is 12.2. The maximum Gasteiger partial charge on any atom is 0.241 e. The summed E-state index contributed by atoms with van der Waals surface area (Å²) in [4.78, 5) is 19.1. The van der Waals surface area contributed by atoms with Crippen LogP contribution in [-0.2, 0) is 4.79 Å². The fourth-order valence-corrected chi connectivity index (χ4v) is 3.72. The van der Waals surface area contributed by atoms with Crippen LogP contribution in [0, 0.1) is 6.92 Å². The van der Waals surface area contributed by atoms with Crippen LogP contribution in [0.1, 0.15) is 25.3 Å². The third-order valence-corrected chi connectivity index (χ3v) is 5.16. The highest BCUT2D eigenvalue weighted by molar-refractivity contribution is 8.16. The molecule has 0 bridgehead atoms. The first-order valence-electron chi connectivity index (χ1n) is 8.42. The molecule has 2 N–H and O–H groups in total. The number of anilines is 1. The summed E-state index contributed by atoms with van der Waals surface area (Å²) < 4.78 is 0. The van der Waals surface area contributed by atoms with Crippen molar-refractivity contribution in [2.45, 2.75) is 32.7 Å². The average molecular weight is 344 g/mol. The smallest absolute Gasteiger partial charge is 0.241 e. The van der Waals surface area contributed by atoms with Gasteiger partial charge in [-0.3, -0.25) is 9.79 Å². The number of carbonyl (C=O) groups excluding carboxylic acids is 1. The van der Waals surface area contributed by atoms with Gasteiger partial charge in [-0.15, -0.1) is 0 Å². The Morgan fingerprint density at radius 3 is 2.96 bits per heavy atom. The van der Waals surface area contributed by atoms with Gasteiger partial charge < -0.3 is 15.5 Å². The molecule has 0 saturated carbocycles. The minimum Gasteiger partial charge on any atom is -0.325 e. The molecule has 0 aliphatic carbocycles. The van der Waals surface area contributed by atoms with Gasteiger partial charge in [-0.1, -0.05) is 29.5 Å². The van der Waals surface area contributed by atoms with E-state index in [0.29, 0.717) is 0 Å². The average Bonchev–Trinajstić information content (AvgIpc) is 3.00. The molecule has 1 aromatic carbocycles. The number of hydrogen-bond donors (Lipinski definition) is 2. The minimum atomic E-state index is -0.226. The van der Waals surface area contributed by atoms with E-state index in [1.165, 1.54) is 11.3 Å². The van der Waals surface area contributed by atoms with E-state index >= 15 is 0 Å². The summed E-state index contributed by atoms with van der Waals surface area (Å²) in [5.74, 6) is -0.00569. The fraction of sp³-hybridized carbons (Fsp3) is 0.444. The van der Waals surface area contributed by atoms with Gasteiger partial charge in [0.2, 0.25) is 5.91 Å². The Balaban J connectivity index is 1.43. The molecule has 0 radical (unpaired) electrons. The molecular formula is C18H24N4OS. The number of carbonyl (C=O) groups is 1. The van der Waals surface area contributed by atoms with Crippen molar-refractivity contribution in [2.75, 3.05) is 25.0 Å². The zero-order chi connectivity index (χ0) is 16.9. The van der Waals surface area contributed by atoms with Crippen molar-refractivity contribution in [1.82, 2.24) is 10.2 Å². The second-order valence-electron chi connectivity index (χ2n) is 6.18. The molecule has 1 aromatic rings. The molecular weight excluding hydrogens is 320 g/mol. The summed E-state index contributed by atoms with van der Waals surface area (Å²) in [7, 11) is 0. The molecule has 0 unspecified atom stereocenters. The molecule has 3 rings (SSSR count). The number of aryl methyl sites for hydroxylation is 1. The van der Waals surface area contributed by atoms with Crippen molar-refractivity contribution in [2.24, 2.45) is 4.99 Å². The third-order valence-electron chi connectivity index (χ3n) is 4.21. The number of thioether (sulfide) groups is 1. The Kier molecular flexibility index (Phi) is 5.58. The number of amidine groups is 1. The zero-order valence-corrected chi connectivity index (χ0v) is 15.0. The molecule has 0 fully saturated rings. The normalized spacial score (nSPS) is 17.8. The van der Waals surface area contributed by atoms with Crippen molar-refractivity contribution in [1.29, 1.82) is 0 Å². The van der Waals surface area contributed by atoms with Crippen LogP contribution < -0.4 is 10.6 Å². The van der Waals surface area contributed by atoms with Gasteiger partial charge in [0.15, 0.2) is 5.17 Å². The van der Waals surface area contributed by atoms with Gasteiger partial charge in [-0.25, -0.2) is 0 Å². The zero-order valence-electron chi connectivity index (χ0n) is 14.2. The molecule has 0 aromatic heterocycles. The fourth-order valence-electron chi connectivity index (χ4n) is 2.73. The lowest BCUT2D eigenvalue weighted by atomic mass is 10.2. The van der Waals surface area contributed by atoms with Crippen molar-refractivity contribution in [3.63, 3.8) is 0 Å². The predicted molar refractivity (Wildman–Crippen MR) is 101 cm³/mol. The van der Waals surface area contributed by atoms with Crippen molar-refractivity contribution in [3.8, 4) is 0 Å². The number of hydrogen-bond acceptors (Lipinski definition) is 5. The summed E-state index contributed by atoms with van der Waals surface area (Å²) >= 11 is 1.71. The summed E-state index contributed by atoms with van der Waals surface area (Å²) in [6.45, 7) is 6.70. The topological polar surface area (TPSA) is 56.7 Å². The lowest BCUT2D eigenvalue weighted by molar-refractivity contribution is -0.117. The van der Waals surface area contributed by atoms with Crippen molar-refractivity contribution in [3.05, 3.63) is 40.9 Å². The van der Waals surface area contributed by atoms with Crippen LogP contribution in [0.15, 0.2) is 40.4 Å². The van der Waals surface area contributed by atoms with Crippen LogP contribution in [0.4, 0.5) is 5.69 Å². The first-order chi connectivity index (χ1) is 11.6. The molecule has 0 spiro atoms. The largest absolute Gasteiger partial charge is 0.325 e. The van der Waals surface area contributed by atoms with Gasteiger partial charge in [0.05, 0.1) is 6.04 Å². The van der Waals surface area contributed by atoms with E-state index < -0.39 is 0 Å². The van der Waals surface area contributed by atoms with E-state index in [1.54, 1.807) is 11.8 Å².